The summed E-state index contributed by atoms with van der Waals surface area (Å²) >= 11 is 1.89. The minimum atomic E-state index is 0.926. The van der Waals surface area contributed by atoms with Gasteiger partial charge in [-0.2, -0.15) is 0 Å². The summed E-state index contributed by atoms with van der Waals surface area (Å²) in [5, 5.41) is 7.01. The van der Waals surface area contributed by atoms with Crippen molar-refractivity contribution in [2.24, 2.45) is 0 Å². The van der Waals surface area contributed by atoms with Crippen molar-refractivity contribution in [1.82, 2.24) is 9.97 Å². The molecule has 266 valence electrons. The Kier molecular flexibility index (Phi) is 8.04. The quantitative estimate of drug-likeness (QED) is 0.159. The second kappa shape index (κ2) is 13.8. The van der Waals surface area contributed by atoms with Crippen molar-refractivity contribution in [2.75, 3.05) is 0 Å². The van der Waals surface area contributed by atoms with Crippen LogP contribution in [-0.4, -0.2) is 9.97 Å². The van der Waals surface area contributed by atoms with Gasteiger partial charge >= 0.3 is 0 Å². The van der Waals surface area contributed by atoms with Gasteiger partial charge in [0.15, 0.2) is 0 Å². The molecule has 57 heavy (non-hydrogen) atoms. The molecule has 11 rings (SSSR count). The molecule has 0 aliphatic heterocycles. The molecule has 0 aliphatic carbocycles. The highest BCUT2D eigenvalue weighted by molar-refractivity contribution is 7.20. The zero-order valence-corrected chi connectivity index (χ0v) is 31.7. The molecular formula is C54H34N2S. The average molecular weight is 743 g/mol. The van der Waals surface area contributed by atoms with Gasteiger partial charge in [0.1, 0.15) is 0 Å². The topological polar surface area (TPSA) is 25.8 Å². The predicted molar refractivity (Wildman–Crippen MR) is 243 cm³/mol. The molecule has 11 aromatic rings. The molecule has 0 saturated heterocycles. The summed E-state index contributed by atoms with van der Waals surface area (Å²) in [6.07, 6.45) is 1.85. The molecule has 0 saturated carbocycles. The number of aromatic nitrogens is 2. The van der Waals surface area contributed by atoms with E-state index < -0.39 is 0 Å². The zero-order valence-electron chi connectivity index (χ0n) is 30.9. The van der Waals surface area contributed by atoms with Crippen molar-refractivity contribution >= 4 is 54.7 Å². The van der Waals surface area contributed by atoms with Crippen LogP contribution in [0.4, 0.5) is 0 Å². The van der Waals surface area contributed by atoms with E-state index in [-0.39, 0.29) is 0 Å². The summed E-state index contributed by atoms with van der Waals surface area (Å²) in [6, 6.07) is 72.2. The maximum Gasteiger partial charge on any atom is 0.0972 e. The molecule has 3 heterocycles. The molecule has 3 heteroatoms. The minimum absolute atomic E-state index is 0.926. The van der Waals surface area contributed by atoms with Gasteiger partial charge in [0.25, 0.3) is 0 Å². The number of fused-ring (bicyclic) bond motifs is 5. The Hall–Kier alpha value is -7.20. The van der Waals surface area contributed by atoms with Gasteiger partial charge in [-0.05, 0) is 61.5 Å². The molecule has 0 aliphatic rings. The van der Waals surface area contributed by atoms with E-state index in [2.05, 4.69) is 194 Å². The van der Waals surface area contributed by atoms with Gasteiger partial charge in [0.2, 0.25) is 0 Å². The standard InChI is InChI=1S/C54H34N2S/c1-4-15-35(16-5-1)49-50(36-17-6-2-7-18-36)54(57-53(49)39-19-8-3-9-20-39)47-32-30-45(41-23-11-13-25-43(41)47)44-29-31-46(42-24-12-10-22-40(42)44)48-33-28-38-27-26-37-21-14-34-55-51(37)52(38)56-48/h1-34H. The van der Waals surface area contributed by atoms with E-state index >= 15 is 0 Å². The lowest BCUT2D eigenvalue weighted by Crippen LogP contribution is -1.92. The predicted octanol–water partition coefficient (Wildman–Crippen LogP) is 15.2. The van der Waals surface area contributed by atoms with Crippen LogP contribution in [0.5, 0.6) is 0 Å². The van der Waals surface area contributed by atoms with Crippen LogP contribution in [0.3, 0.4) is 0 Å². The number of hydrogen-bond acceptors (Lipinski definition) is 3. The molecule has 0 fully saturated rings. The van der Waals surface area contributed by atoms with Gasteiger partial charge in [-0.25, -0.2) is 4.98 Å². The van der Waals surface area contributed by atoms with Gasteiger partial charge in [-0.15, -0.1) is 11.3 Å². The number of rotatable bonds is 6. The van der Waals surface area contributed by atoms with Crippen LogP contribution in [0.15, 0.2) is 206 Å². The molecule has 3 aromatic heterocycles. The molecule has 0 N–H and O–H groups in total. The second-order valence-corrected chi connectivity index (χ2v) is 15.5. The van der Waals surface area contributed by atoms with Crippen LogP contribution in [0.1, 0.15) is 0 Å². The Morgan fingerprint density at radius 2 is 0.772 bits per heavy atom. The highest BCUT2D eigenvalue weighted by Gasteiger charge is 2.25. The summed E-state index contributed by atoms with van der Waals surface area (Å²) in [4.78, 5) is 12.5. The smallest absolute Gasteiger partial charge is 0.0972 e. The summed E-state index contributed by atoms with van der Waals surface area (Å²) < 4.78 is 0. The third-order valence-corrected chi connectivity index (χ3v) is 12.4. The Labute approximate surface area is 335 Å². The van der Waals surface area contributed by atoms with Gasteiger partial charge in [-0.1, -0.05) is 188 Å². The highest BCUT2D eigenvalue weighted by atomic mass is 32.1. The Morgan fingerprint density at radius 3 is 1.39 bits per heavy atom. The third-order valence-electron chi connectivity index (χ3n) is 11.2. The first-order chi connectivity index (χ1) is 28.3. The fourth-order valence-electron chi connectivity index (χ4n) is 8.54. The van der Waals surface area contributed by atoms with E-state index in [0.29, 0.717) is 0 Å². The first-order valence-corrected chi connectivity index (χ1v) is 20.1. The molecular weight excluding hydrogens is 709 g/mol. The van der Waals surface area contributed by atoms with Gasteiger partial charge < -0.3 is 0 Å². The molecule has 0 atom stereocenters. The zero-order chi connectivity index (χ0) is 37.7. The number of benzene rings is 8. The molecule has 0 amide bonds. The van der Waals surface area contributed by atoms with Crippen LogP contribution in [0.2, 0.25) is 0 Å². The Balaban J connectivity index is 1.12. The number of thiophene rings is 1. The fraction of sp³-hybridized carbons (Fsp3) is 0. The van der Waals surface area contributed by atoms with E-state index in [0.717, 1.165) is 33.1 Å². The summed E-state index contributed by atoms with van der Waals surface area (Å²) in [6.45, 7) is 0. The van der Waals surface area contributed by atoms with E-state index in [1.54, 1.807) is 0 Å². The normalized spacial score (nSPS) is 11.5. The average Bonchev–Trinajstić information content (AvgIpc) is 3.69. The molecule has 2 nitrogen and oxygen atoms in total. The molecule has 0 spiro atoms. The lowest BCUT2D eigenvalue weighted by molar-refractivity contribution is 1.37. The van der Waals surface area contributed by atoms with Crippen molar-refractivity contribution in [2.45, 2.75) is 0 Å². The first kappa shape index (κ1) is 33.2. The van der Waals surface area contributed by atoms with Gasteiger partial charge in [-0.3, -0.25) is 4.98 Å². The molecule has 0 radical (unpaired) electrons. The molecule has 0 unspecified atom stereocenters. The van der Waals surface area contributed by atoms with Crippen molar-refractivity contribution in [3.8, 4) is 65.5 Å². The van der Waals surface area contributed by atoms with Crippen LogP contribution in [-0.2, 0) is 0 Å². The largest absolute Gasteiger partial charge is 0.254 e. The monoisotopic (exact) mass is 742 g/mol. The summed E-state index contributed by atoms with van der Waals surface area (Å²) in [5.41, 5.74) is 13.8. The lowest BCUT2D eigenvalue weighted by Gasteiger charge is -2.16. The van der Waals surface area contributed by atoms with Crippen molar-refractivity contribution in [1.29, 1.82) is 0 Å². The Bertz CT molecular complexity index is 3280. The summed E-state index contributed by atoms with van der Waals surface area (Å²) in [5.74, 6) is 0. The minimum Gasteiger partial charge on any atom is -0.254 e. The third kappa shape index (κ3) is 5.63. The van der Waals surface area contributed by atoms with Crippen LogP contribution in [0, 0.1) is 0 Å². The summed E-state index contributed by atoms with van der Waals surface area (Å²) in [7, 11) is 0. The number of hydrogen-bond donors (Lipinski definition) is 0. The van der Waals surface area contributed by atoms with E-state index in [9.17, 15) is 0 Å². The lowest BCUT2D eigenvalue weighted by atomic mass is 9.87. The van der Waals surface area contributed by atoms with E-state index in [4.69, 9.17) is 9.97 Å². The van der Waals surface area contributed by atoms with E-state index in [1.807, 2.05) is 23.6 Å². The van der Waals surface area contributed by atoms with Crippen LogP contribution >= 0.6 is 11.3 Å². The Morgan fingerprint density at radius 1 is 0.316 bits per heavy atom. The molecule has 0 bridgehead atoms. The number of pyridine rings is 2. The SMILES string of the molecule is c1ccc(-c2sc(-c3ccc(-c4ccc(-c5ccc6ccc7cccnc7c6n5)c5ccccc45)c4ccccc34)c(-c3ccccc3)c2-c2ccccc2)cc1. The van der Waals surface area contributed by atoms with Crippen LogP contribution < -0.4 is 0 Å². The van der Waals surface area contributed by atoms with Crippen LogP contribution in [0.25, 0.3) is 109 Å². The maximum absolute atomic E-state index is 5.25. The highest BCUT2D eigenvalue weighted by Crippen LogP contribution is 2.53. The maximum atomic E-state index is 5.25. The van der Waals surface area contributed by atoms with Crippen molar-refractivity contribution < 1.29 is 0 Å². The number of nitrogens with zero attached hydrogens (tertiary/aromatic N) is 2. The van der Waals surface area contributed by atoms with Gasteiger partial charge in [0, 0.05) is 49.0 Å². The fourth-order valence-corrected chi connectivity index (χ4v) is 9.93. The second-order valence-electron chi connectivity index (χ2n) is 14.4. The molecule has 8 aromatic carbocycles. The van der Waals surface area contributed by atoms with Gasteiger partial charge in [0.05, 0.1) is 16.7 Å². The first-order valence-electron chi connectivity index (χ1n) is 19.3. The van der Waals surface area contributed by atoms with Crippen molar-refractivity contribution in [3.05, 3.63) is 206 Å². The van der Waals surface area contributed by atoms with E-state index in [1.165, 1.54) is 75.8 Å². The van der Waals surface area contributed by atoms with Crippen molar-refractivity contribution in [3.63, 3.8) is 0 Å².